The van der Waals surface area contributed by atoms with Crippen LogP contribution >= 0.6 is 0 Å². The van der Waals surface area contributed by atoms with Crippen molar-refractivity contribution in [3.63, 3.8) is 0 Å². The summed E-state index contributed by atoms with van der Waals surface area (Å²) in [6, 6.07) is 14.6. The van der Waals surface area contributed by atoms with E-state index in [1.165, 1.54) is 6.07 Å². The highest BCUT2D eigenvalue weighted by atomic mass is 19.1. The highest BCUT2D eigenvalue weighted by Gasteiger charge is 2.09. The van der Waals surface area contributed by atoms with E-state index in [0.29, 0.717) is 18.7 Å². The number of hydrogen-bond acceptors (Lipinski definition) is 2. The number of likely N-dealkylation sites (N-methyl/N-ethyl adjacent to an activating group) is 1. The van der Waals surface area contributed by atoms with Gasteiger partial charge in [-0.1, -0.05) is 42.5 Å². The Morgan fingerprint density at radius 2 is 1.73 bits per heavy atom. The van der Waals surface area contributed by atoms with Gasteiger partial charge in [-0.15, -0.1) is 0 Å². The lowest BCUT2D eigenvalue weighted by Crippen LogP contribution is -2.34. The van der Waals surface area contributed by atoms with Crippen molar-refractivity contribution in [2.24, 2.45) is 0 Å². The van der Waals surface area contributed by atoms with Crippen molar-refractivity contribution in [2.45, 2.75) is 20.0 Å². The molecule has 0 saturated heterocycles. The summed E-state index contributed by atoms with van der Waals surface area (Å²) in [5.41, 5.74) is 2.85. The van der Waals surface area contributed by atoms with Crippen molar-refractivity contribution in [2.75, 3.05) is 13.6 Å². The molecule has 0 spiro atoms. The first-order valence-corrected chi connectivity index (χ1v) is 7.29. The first-order valence-electron chi connectivity index (χ1n) is 7.29. The largest absolute Gasteiger partial charge is 0.351 e. The van der Waals surface area contributed by atoms with Crippen LogP contribution in [0.25, 0.3) is 0 Å². The average molecular weight is 300 g/mol. The minimum atomic E-state index is -0.241. The zero-order valence-corrected chi connectivity index (χ0v) is 13.0. The summed E-state index contributed by atoms with van der Waals surface area (Å²) in [6.45, 7) is 3.18. The van der Waals surface area contributed by atoms with Crippen LogP contribution in [0, 0.1) is 12.7 Å². The van der Waals surface area contributed by atoms with Gasteiger partial charge in [0.1, 0.15) is 5.82 Å². The van der Waals surface area contributed by atoms with Gasteiger partial charge in [0.05, 0.1) is 6.54 Å². The number of rotatable bonds is 6. The number of carbonyl (C=O) groups excluding carboxylic acids is 1. The van der Waals surface area contributed by atoms with Crippen molar-refractivity contribution in [1.82, 2.24) is 10.2 Å². The molecule has 116 valence electrons. The van der Waals surface area contributed by atoms with Gasteiger partial charge in [-0.05, 0) is 31.2 Å². The zero-order chi connectivity index (χ0) is 15.9. The molecule has 0 unspecified atom stereocenters. The monoisotopic (exact) mass is 300 g/mol. The molecule has 0 aliphatic heterocycles. The summed E-state index contributed by atoms with van der Waals surface area (Å²) in [5.74, 6) is -0.309. The van der Waals surface area contributed by atoms with Crippen LogP contribution in [-0.2, 0) is 17.9 Å². The third-order valence-corrected chi connectivity index (χ3v) is 3.55. The maximum Gasteiger partial charge on any atom is 0.234 e. The van der Waals surface area contributed by atoms with E-state index in [1.807, 2.05) is 31.2 Å². The van der Waals surface area contributed by atoms with Crippen molar-refractivity contribution in [1.29, 1.82) is 0 Å². The molecule has 4 heteroatoms. The highest BCUT2D eigenvalue weighted by Crippen LogP contribution is 2.09. The van der Waals surface area contributed by atoms with Crippen LogP contribution in [0.15, 0.2) is 48.5 Å². The van der Waals surface area contributed by atoms with Crippen LogP contribution in [0.5, 0.6) is 0 Å². The van der Waals surface area contributed by atoms with Gasteiger partial charge in [0.2, 0.25) is 5.91 Å². The van der Waals surface area contributed by atoms with E-state index in [0.717, 1.165) is 11.1 Å². The molecule has 0 bridgehead atoms. The maximum atomic E-state index is 13.6. The highest BCUT2D eigenvalue weighted by molar-refractivity contribution is 5.78. The number of nitrogens with one attached hydrogen (secondary N) is 1. The fraction of sp³-hybridized carbons (Fsp3) is 0.278. The molecule has 22 heavy (non-hydrogen) atoms. The average Bonchev–Trinajstić information content (AvgIpc) is 2.49. The Bertz CT molecular complexity index is 642. The molecule has 0 atom stereocenters. The molecule has 0 radical (unpaired) electrons. The maximum absolute atomic E-state index is 13.6. The van der Waals surface area contributed by atoms with Crippen LogP contribution in [0.2, 0.25) is 0 Å². The normalized spacial score (nSPS) is 10.7. The molecule has 0 aliphatic rings. The number of aryl methyl sites for hydroxylation is 1. The van der Waals surface area contributed by atoms with Gasteiger partial charge in [-0.25, -0.2) is 4.39 Å². The lowest BCUT2D eigenvalue weighted by atomic mass is 10.1. The molecule has 0 heterocycles. The first-order chi connectivity index (χ1) is 10.6. The minimum Gasteiger partial charge on any atom is -0.351 e. The SMILES string of the molecule is Cc1ccccc1CNC(=O)CN(C)Cc1ccccc1F. The van der Waals surface area contributed by atoms with Gasteiger partial charge in [-0.2, -0.15) is 0 Å². The number of nitrogens with zero attached hydrogens (tertiary/aromatic N) is 1. The molecule has 3 nitrogen and oxygen atoms in total. The molecule has 1 N–H and O–H groups in total. The third-order valence-electron chi connectivity index (χ3n) is 3.55. The van der Waals surface area contributed by atoms with Crippen LogP contribution in [0.1, 0.15) is 16.7 Å². The second-order valence-corrected chi connectivity index (χ2v) is 5.47. The van der Waals surface area contributed by atoms with E-state index in [9.17, 15) is 9.18 Å². The summed E-state index contributed by atoms with van der Waals surface area (Å²) in [4.78, 5) is 13.8. The predicted molar refractivity (Wildman–Crippen MR) is 85.8 cm³/mol. The second kappa shape index (κ2) is 7.71. The van der Waals surface area contributed by atoms with E-state index >= 15 is 0 Å². The van der Waals surface area contributed by atoms with Crippen LogP contribution in [-0.4, -0.2) is 24.4 Å². The Morgan fingerprint density at radius 1 is 1.09 bits per heavy atom. The number of carbonyl (C=O) groups is 1. The lowest BCUT2D eigenvalue weighted by Gasteiger charge is -2.17. The molecular formula is C18H21FN2O. The van der Waals surface area contributed by atoms with E-state index in [1.54, 1.807) is 30.1 Å². The molecule has 2 aromatic carbocycles. The third kappa shape index (κ3) is 4.67. The molecule has 0 aromatic heterocycles. The van der Waals surface area contributed by atoms with Gasteiger partial charge in [0, 0.05) is 18.7 Å². The van der Waals surface area contributed by atoms with Gasteiger partial charge in [-0.3, -0.25) is 9.69 Å². The fourth-order valence-corrected chi connectivity index (χ4v) is 2.28. The van der Waals surface area contributed by atoms with Gasteiger partial charge >= 0.3 is 0 Å². The Hall–Kier alpha value is -2.20. The summed E-state index contributed by atoms with van der Waals surface area (Å²) in [7, 11) is 1.81. The molecule has 2 aromatic rings. The van der Waals surface area contributed by atoms with Gasteiger partial charge < -0.3 is 5.32 Å². The summed E-state index contributed by atoms with van der Waals surface area (Å²) in [5, 5.41) is 2.90. The summed E-state index contributed by atoms with van der Waals surface area (Å²) < 4.78 is 13.6. The van der Waals surface area contributed by atoms with E-state index < -0.39 is 0 Å². The summed E-state index contributed by atoms with van der Waals surface area (Å²) in [6.07, 6.45) is 0. The number of amides is 1. The molecule has 0 fully saturated rings. The van der Waals surface area contributed by atoms with Crippen molar-refractivity contribution >= 4 is 5.91 Å². The Balaban J connectivity index is 1.82. The first kappa shape index (κ1) is 16.2. The van der Waals surface area contributed by atoms with Gasteiger partial charge in [0.25, 0.3) is 0 Å². The van der Waals surface area contributed by atoms with Crippen LogP contribution in [0.3, 0.4) is 0 Å². The standard InChI is InChI=1S/C18H21FN2O/c1-14-7-3-4-8-15(14)11-20-18(22)13-21(2)12-16-9-5-6-10-17(16)19/h3-10H,11-13H2,1-2H3,(H,20,22). The number of hydrogen-bond donors (Lipinski definition) is 1. The topological polar surface area (TPSA) is 32.3 Å². The van der Waals surface area contributed by atoms with E-state index in [2.05, 4.69) is 5.32 Å². The molecule has 2 rings (SSSR count). The lowest BCUT2D eigenvalue weighted by molar-refractivity contribution is -0.122. The molecule has 0 aliphatic carbocycles. The molecule has 0 saturated carbocycles. The summed E-state index contributed by atoms with van der Waals surface area (Å²) >= 11 is 0. The molecular weight excluding hydrogens is 279 g/mol. The molecule has 1 amide bonds. The van der Waals surface area contributed by atoms with Crippen molar-refractivity contribution in [3.05, 3.63) is 71.0 Å². The predicted octanol–water partition coefficient (Wildman–Crippen LogP) is 2.88. The Labute approximate surface area is 130 Å². The van der Waals surface area contributed by atoms with Crippen LogP contribution in [0.4, 0.5) is 4.39 Å². The van der Waals surface area contributed by atoms with Gasteiger partial charge in [0.15, 0.2) is 0 Å². The quantitative estimate of drug-likeness (QED) is 0.889. The van der Waals surface area contributed by atoms with Crippen molar-refractivity contribution < 1.29 is 9.18 Å². The minimum absolute atomic E-state index is 0.0675. The van der Waals surface area contributed by atoms with E-state index in [-0.39, 0.29) is 18.3 Å². The Morgan fingerprint density at radius 3 is 2.41 bits per heavy atom. The smallest absolute Gasteiger partial charge is 0.234 e. The van der Waals surface area contributed by atoms with E-state index in [4.69, 9.17) is 0 Å². The second-order valence-electron chi connectivity index (χ2n) is 5.47. The fourth-order valence-electron chi connectivity index (χ4n) is 2.28. The Kier molecular flexibility index (Phi) is 5.67. The van der Waals surface area contributed by atoms with Crippen LogP contribution < -0.4 is 5.32 Å². The zero-order valence-electron chi connectivity index (χ0n) is 13.0. The number of benzene rings is 2. The number of halogens is 1. The van der Waals surface area contributed by atoms with Crippen molar-refractivity contribution in [3.8, 4) is 0 Å².